The minimum Gasteiger partial charge on any atom is -0.362 e. The van der Waals surface area contributed by atoms with Crippen LogP contribution in [-0.2, 0) is 6.54 Å². The fourth-order valence-corrected chi connectivity index (χ4v) is 3.03. The highest BCUT2D eigenvalue weighted by molar-refractivity contribution is 7.80. The molecule has 2 rings (SSSR count). The lowest BCUT2D eigenvalue weighted by molar-refractivity contribution is 0.400. The number of rotatable bonds is 7. The summed E-state index contributed by atoms with van der Waals surface area (Å²) >= 11 is 11.5. The molecule has 0 amide bonds. The van der Waals surface area contributed by atoms with E-state index in [1.807, 2.05) is 32.6 Å². The van der Waals surface area contributed by atoms with E-state index in [-0.39, 0.29) is 5.82 Å². The number of halogens is 2. The van der Waals surface area contributed by atoms with E-state index in [1.54, 1.807) is 6.07 Å². The Morgan fingerprint density at radius 3 is 2.73 bits per heavy atom. The van der Waals surface area contributed by atoms with Crippen molar-refractivity contribution in [2.45, 2.75) is 26.8 Å². The van der Waals surface area contributed by atoms with Gasteiger partial charge in [0.2, 0.25) is 0 Å². The average Bonchev–Trinajstić information content (AvgIpc) is 2.81. The van der Waals surface area contributed by atoms with Crippen molar-refractivity contribution in [1.82, 2.24) is 20.0 Å². The van der Waals surface area contributed by atoms with Gasteiger partial charge in [0.15, 0.2) is 5.11 Å². The monoisotopic (exact) mass is 397 g/mol. The first kappa shape index (κ1) is 20.6. The van der Waals surface area contributed by atoms with Crippen molar-refractivity contribution >= 4 is 34.6 Å². The van der Waals surface area contributed by atoms with Crippen LogP contribution in [0.1, 0.15) is 23.4 Å². The first-order valence-electron chi connectivity index (χ1n) is 8.45. The number of aryl methyl sites for hydroxylation is 1. The fraction of sp³-hybridized carbons (Fsp3) is 0.444. The van der Waals surface area contributed by atoms with Gasteiger partial charge in [-0.15, -0.1) is 0 Å². The molecule has 0 radical (unpaired) electrons. The molecular formula is C18H25ClFN5S. The van der Waals surface area contributed by atoms with Crippen LogP contribution >= 0.6 is 23.8 Å². The van der Waals surface area contributed by atoms with Gasteiger partial charge in [-0.1, -0.05) is 17.7 Å². The molecule has 1 aromatic heterocycles. The molecule has 0 bridgehead atoms. The van der Waals surface area contributed by atoms with E-state index in [0.29, 0.717) is 16.7 Å². The van der Waals surface area contributed by atoms with Crippen molar-refractivity contribution in [1.29, 1.82) is 0 Å². The van der Waals surface area contributed by atoms with Gasteiger partial charge in [-0.05, 0) is 70.8 Å². The topological polar surface area (TPSA) is 45.1 Å². The van der Waals surface area contributed by atoms with E-state index in [1.165, 1.54) is 12.1 Å². The van der Waals surface area contributed by atoms with Crippen LogP contribution in [0, 0.1) is 19.7 Å². The molecule has 142 valence electrons. The van der Waals surface area contributed by atoms with Crippen LogP contribution in [0.25, 0.3) is 0 Å². The molecule has 0 saturated carbocycles. The van der Waals surface area contributed by atoms with Crippen molar-refractivity contribution in [2.24, 2.45) is 0 Å². The normalized spacial score (nSPS) is 11.0. The summed E-state index contributed by atoms with van der Waals surface area (Å²) in [6.45, 7) is 6.17. The van der Waals surface area contributed by atoms with Crippen LogP contribution in [0.2, 0.25) is 5.02 Å². The molecule has 1 aromatic carbocycles. The molecular weight excluding hydrogens is 373 g/mol. The highest BCUT2D eigenvalue weighted by atomic mass is 35.5. The molecule has 5 nitrogen and oxygen atoms in total. The minimum absolute atomic E-state index is 0.347. The van der Waals surface area contributed by atoms with Crippen LogP contribution in [0.3, 0.4) is 0 Å². The predicted molar refractivity (Wildman–Crippen MR) is 110 cm³/mol. The predicted octanol–water partition coefficient (Wildman–Crippen LogP) is 3.58. The van der Waals surface area contributed by atoms with Crippen LogP contribution in [0.5, 0.6) is 0 Å². The average molecular weight is 398 g/mol. The quantitative estimate of drug-likeness (QED) is 0.552. The Morgan fingerprint density at radius 2 is 2.08 bits per heavy atom. The van der Waals surface area contributed by atoms with Gasteiger partial charge in [-0.25, -0.2) is 4.39 Å². The Bertz CT molecular complexity index is 775. The van der Waals surface area contributed by atoms with Gasteiger partial charge in [0.1, 0.15) is 5.82 Å². The summed E-state index contributed by atoms with van der Waals surface area (Å²) < 4.78 is 15.0. The zero-order valence-electron chi connectivity index (χ0n) is 15.6. The van der Waals surface area contributed by atoms with Crippen molar-refractivity contribution in [3.8, 4) is 0 Å². The van der Waals surface area contributed by atoms with Crippen LogP contribution in [-0.4, -0.2) is 47.0 Å². The number of nitrogens with one attached hydrogen (secondary N) is 2. The van der Waals surface area contributed by atoms with Gasteiger partial charge in [-0.3, -0.25) is 4.68 Å². The summed E-state index contributed by atoms with van der Waals surface area (Å²) in [6.07, 6.45) is 1.01. The van der Waals surface area contributed by atoms with Crippen LogP contribution in [0.4, 0.5) is 10.1 Å². The number of aromatic nitrogens is 2. The van der Waals surface area contributed by atoms with Gasteiger partial charge < -0.3 is 15.5 Å². The summed E-state index contributed by atoms with van der Waals surface area (Å²) in [6, 6.07) is 4.39. The zero-order valence-corrected chi connectivity index (χ0v) is 17.1. The number of nitrogens with zero attached hydrogens (tertiary/aromatic N) is 3. The fourth-order valence-electron chi connectivity index (χ4n) is 2.60. The summed E-state index contributed by atoms with van der Waals surface area (Å²) in [5.41, 5.74) is 3.49. The highest BCUT2D eigenvalue weighted by Gasteiger charge is 2.14. The minimum atomic E-state index is -0.347. The first-order chi connectivity index (χ1) is 12.3. The number of hydrogen-bond donors (Lipinski definition) is 2. The van der Waals surface area contributed by atoms with Crippen LogP contribution in [0.15, 0.2) is 18.2 Å². The molecule has 1 heterocycles. The van der Waals surface area contributed by atoms with E-state index in [4.69, 9.17) is 23.8 Å². The van der Waals surface area contributed by atoms with Gasteiger partial charge in [0, 0.05) is 11.6 Å². The van der Waals surface area contributed by atoms with Gasteiger partial charge in [0.25, 0.3) is 0 Å². The summed E-state index contributed by atoms with van der Waals surface area (Å²) in [7, 11) is 4.09. The van der Waals surface area contributed by atoms with Crippen molar-refractivity contribution in [2.75, 3.05) is 32.5 Å². The SMILES string of the molecule is Cc1nn(Cc2ccc(F)cc2Cl)c(C)c1NC(=S)NCCCN(C)C. The largest absolute Gasteiger partial charge is 0.362 e. The van der Waals surface area contributed by atoms with E-state index in [9.17, 15) is 4.39 Å². The molecule has 26 heavy (non-hydrogen) atoms. The summed E-state index contributed by atoms with van der Waals surface area (Å²) in [4.78, 5) is 2.14. The van der Waals surface area contributed by atoms with E-state index in [2.05, 4.69) is 20.6 Å². The number of thiocarbonyl (C=S) groups is 1. The molecule has 0 aliphatic carbocycles. The molecule has 0 saturated heterocycles. The second kappa shape index (κ2) is 9.30. The Kier molecular flexibility index (Phi) is 7.37. The third-order valence-electron chi connectivity index (χ3n) is 4.02. The Balaban J connectivity index is 2.01. The lowest BCUT2D eigenvalue weighted by Gasteiger charge is -2.13. The Hall–Kier alpha value is -1.70. The molecule has 0 aliphatic rings. The van der Waals surface area contributed by atoms with Gasteiger partial charge >= 0.3 is 0 Å². The maximum atomic E-state index is 13.2. The second-order valence-corrected chi connectivity index (χ2v) is 7.29. The maximum absolute atomic E-state index is 13.2. The summed E-state index contributed by atoms with van der Waals surface area (Å²) in [5, 5.41) is 12.0. The molecule has 0 fully saturated rings. The second-order valence-electron chi connectivity index (χ2n) is 6.48. The molecule has 2 N–H and O–H groups in total. The Labute approximate surface area is 164 Å². The summed E-state index contributed by atoms with van der Waals surface area (Å²) in [5.74, 6) is -0.347. The Morgan fingerprint density at radius 1 is 1.35 bits per heavy atom. The van der Waals surface area contributed by atoms with Gasteiger partial charge in [-0.2, -0.15) is 5.10 Å². The van der Waals surface area contributed by atoms with Crippen LogP contribution < -0.4 is 10.6 Å². The van der Waals surface area contributed by atoms with Crippen molar-refractivity contribution in [3.63, 3.8) is 0 Å². The van der Waals surface area contributed by atoms with Crippen molar-refractivity contribution < 1.29 is 4.39 Å². The number of benzene rings is 1. The van der Waals surface area contributed by atoms with E-state index in [0.717, 1.165) is 42.1 Å². The smallest absolute Gasteiger partial charge is 0.170 e. The molecule has 0 unspecified atom stereocenters. The van der Waals surface area contributed by atoms with E-state index < -0.39 is 0 Å². The lowest BCUT2D eigenvalue weighted by Crippen LogP contribution is -2.31. The molecule has 0 aliphatic heterocycles. The molecule has 0 atom stereocenters. The lowest BCUT2D eigenvalue weighted by atomic mass is 10.2. The molecule has 2 aromatic rings. The molecule has 0 spiro atoms. The van der Waals surface area contributed by atoms with E-state index >= 15 is 0 Å². The van der Waals surface area contributed by atoms with Crippen molar-refractivity contribution in [3.05, 3.63) is 46.0 Å². The molecule has 8 heteroatoms. The highest BCUT2D eigenvalue weighted by Crippen LogP contribution is 2.23. The third-order valence-corrected chi connectivity index (χ3v) is 4.62. The maximum Gasteiger partial charge on any atom is 0.170 e. The standard InChI is InChI=1S/C18H25ClFN5S/c1-12-17(22-18(26)21-8-5-9-24(3)4)13(2)25(23-12)11-14-6-7-15(20)10-16(14)19/h6-7,10H,5,8-9,11H2,1-4H3,(H2,21,22,26). The van der Waals surface area contributed by atoms with Gasteiger partial charge in [0.05, 0.1) is 23.6 Å². The third kappa shape index (κ3) is 5.65. The zero-order chi connectivity index (χ0) is 19.3. The number of hydrogen-bond acceptors (Lipinski definition) is 3. The number of anilines is 1. The first-order valence-corrected chi connectivity index (χ1v) is 9.24.